The van der Waals surface area contributed by atoms with Crippen molar-refractivity contribution >= 4 is 0 Å². The quantitative estimate of drug-likeness (QED) is 0.782. The molecule has 2 atom stereocenters. The summed E-state index contributed by atoms with van der Waals surface area (Å²) in [7, 11) is 0. The first kappa shape index (κ1) is 10.3. The summed E-state index contributed by atoms with van der Waals surface area (Å²) >= 11 is 0. The van der Waals surface area contributed by atoms with Gasteiger partial charge in [0.25, 0.3) is 0 Å². The summed E-state index contributed by atoms with van der Waals surface area (Å²) in [5.41, 5.74) is 0. The van der Waals surface area contributed by atoms with Crippen molar-refractivity contribution in [3.63, 3.8) is 0 Å². The third-order valence-electron chi connectivity index (χ3n) is 3.93. The molecule has 88 valence electrons. The molecule has 1 saturated heterocycles. The summed E-state index contributed by atoms with van der Waals surface area (Å²) in [5.74, 6) is 3.62. The lowest BCUT2D eigenvalue weighted by atomic mass is 9.97. The molecular formula is C12H20N4. The van der Waals surface area contributed by atoms with E-state index in [2.05, 4.69) is 27.0 Å². The van der Waals surface area contributed by atoms with Gasteiger partial charge in [-0.3, -0.25) is 0 Å². The van der Waals surface area contributed by atoms with E-state index in [9.17, 15) is 0 Å². The fraction of sp³-hybridized carbons (Fsp3) is 0.833. The van der Waals surface area contributed by atoms with Crippen molar-refractivity contribution in [1.29, 1.82) is 0 Å². The second kappa shape index (κ2) is 4.17. The Balaban J connectivity index is 1.89. The molecule has 0 bridgehead atoms. The van der Waals surface area contributed by atoms with E-state index in [0.717, 1.165) is 19.6 Å². The molecule has 1 N–H and O–H groups in total. The number of aromatic nitrogens is 3. The lowest BCUT2D eigenvalue weighted by Gasteiger charge is -2.25. The fourth-order valence-corrected chi connectivity index (χ4v) is 2.98. The number of rotatable bonds is 1. The molecule has 0 radical (unpaired) electrons. The van der Waals surface area contributed by atoms with Crippen LogP contribution >= 0.6 is 0 Å². The molecule has 0 amide bonds. The molecule has 2 unspecified atom stereocenters. The Labute approximate surface area is 96.4 Å². The van der Waals surface area contributed by atoms with Crippen molar-refractivity contribution < 1.29 is 0 Å². The Morgan fingerprint density at radius 3 is 2.88 bits per heavy atom. The summed E-state index contributed by atoms with van der Waals surface area (Å²) < 4.78 is 2.38. The van der Waals surface area contributed by atoms with Gasteiger partial charge in [-0.1, -0.05) is 6.92 Å². The van der Waals surface area contributed by atoms with Gasteiger partial charge >= 0.3 is 0 Å². The van der Waals surface area contributed by atoms with Crippen molar-refractivity contribution in [2.24, 2.45) is 0 Å². The van der Waals surface area contributed by atoms with Gasteiger partial charge in [-0.15, -0.1) is 10.2 Å². The smallest absolute Gasteiger partial charge is 0.137 e. The average molecular weight is 220 g/mol. The van der Waals surface area contributed by atoms with Crippen molar-refractivity contribution in [2.75, 3.05) is 13.1 Å². The first-order valence-corrected chi connectivity index (χ1v) is 6.50. The molecule has 0 aliphatic carbocycles. The SMILES string of the molecule is CC1CCCn2c1nnc2C1CCCNC1. The van der Waals surface area contributed by atoms with Crippen LogP contribution in [0.25, 0.3) is 0 Å². The van der Waals surface area contributed by atoms with Gasteiger partial charge in [-0.25, -0.2) is 0 Å². The predicted octanol–water partition coefficient (Wildman–Crippen LogP) is 1.64. The van der Waals surface area contributed by atoms with E-state index < -0.39 is 0 Å². The predicted molar refractivity (Wildman–Crippen MR) is 62.5 cm³/mol. The van der Waals surface area contributed by atoms with E-state index in [1.54, 1.807) is 0 Å². The molecule has 0 saturated carbocycles. The molecular weight excluding hydrogens is 200 g/mol. The van der Waals surface area contributed by atoms with Gasteiger partial charge in [-0.05, 0) is 32.2 Å². The highest BCUT2D eigenvalue weighted by Crippen LogP contribution is 2.30. The summed E-state index contributed by atoms with van der Waals surface area (Å²) in [4.78, 5) is 0. The zero-order chi connectivity index (χ0) is 11.0. The van der Waals surface area contributed by atoms with Crippen LogP contribution in [0.5, 0.6) is 0 Å². The average Bonchev–Trinajstić information content (AvgIpc) is 2.75. The number of piperidine rings is 1. The minimum Gasteiger partial charge on any atom is -0.316 e. The summed E-state index contributed by atoms with van der Waals surface area (Å²) in [6.07, 6.45) is 5.07. The Kier molecular flexibility index (Phi) is 2.67. The Hall–Kier alpha value is -0.900. The monoisotopic (exact) mass is 220 g/mol. The molecule has 4 heteroatoms. The molecule has 4 nitrogen and oxygen atoms in total. The number of hydrogen-bond acceptors (Lipinski definition) is 3. The molecule has 3 rings (SSSR count). The Morgan fingerprint density at radius 1 is 1.19 bits per heavy atom. The zero-order valence-corrected chi connectivity index (χ0v) is 9.95. The summed E-state index contributed by atoms with van der Waals surface area (Å²) in [6.45, 7) is 5.63. The van der Waals surface area contributed by atoms with Crippen LogP contribution in [-0.2, 0) is 6.54 Å². The van der Waals surface area contributed by atoms with Gasteiger partial charge < -0.3 is 9.88 Å². The molecule has 0 spiro atoms. The van der Waals surface area contributed by atoms with E-state index in [0.29, 0.717) is 11.8 Å². The van der Waals surface area contributed by atoms with Crippen LogP contribution in [0.1, 0.15) is 56.1 Å². The van der Waals surface area contributed by atoms with Crippen LogP contribution in [0.2, 0.25) is 0 Å². The zero-order valence-electron chi connectivity index (χ0n) is 9.95. The normalized spacial score (nSPS) is 30.1. The van der Waals surface area contributed by atoms with Crippen molar-refractivity contribution in [1.82, 2.24) is 20.1 Å². The van der Waals surface area contributed by atoms with Gasteiger partial charge in [0.2, 0.25) is 0 Å². The molecule has 16 heavy (non-hydrogen) atoms. The molecule has 0 aromatic carbocycles. The van der Waals surface area contributed by atoms with Gasteiger partial charge in [0, 0.05) is 24.9 Å². The molecule has 1 aromatic rings. The first-order valence-electron chi connectivity index (χ1n) is 6.50. The highest BCUT2D eigenvalue weighted by atomic mass is 15.3. The second-order valence-corrected chi connectivity index (χ2v) is 5.15. The standard InChI is InChI=1S/C12H20N4/c1-9-4-3-7-16-11(9)14-15-12(16)10-5-2-6-13-8-10/h9-10,13H,2-8H2,1H3. The number of nitrogens with zero attached hydrogens (tertiary/aromatic N) is 3. The van der Waals surface area contributed by atoms with Gasteiger partial charge in [0.15, 0.2) is 0 Å². The van der Waals surface area contributed by atoms with E-state index in [4.69, 9.17) is 0 Å². The maximum absolute atomic E-state index is 4.44. The van der Waals surface area contributed by atoms with Crippen LogP contribution in [0.3, 0.4) is 0 Å². The molecule has 2 aliphatic rings. The lowest BCUT2D eigenvalue weighted by Crippen LogP contribution is -2.30. The topological polar surface area (TPSA) is 42.7 Å². The Bertz CT molecular complexity index is 365. The minimum absolute atomic E-state index is 0.584. The van der Waals surface area contributed by atoms with Crippen molar-refractivity contribution in [2.45, 2.75) is 51.0 Å². The lowest BCUT2D eigenvalue weighted by molar-refractivity contribution is 0.405. The highest BCUT2D eigenvalue weighted by molar-refractivity contribution is 5.09. The number of hydrogen-bond donors (Lipinski definition) is 1. The summed E-state index contributed by atoms with van der Waals surface area (Å²) in [5, 5.41) is 12.3. The summed E-state index contributed by atoms with van der Waals surface area (Å²) in [6, 6.07) is 0. The molecule has 1 aromatic heterocycles. The third kappa shape index (κ3) is 1.65. The molecule has 1 fully saturated rings. The largest absolute Gasteiger partial charge is 0.316 e. The van der Waals surface area contributed by atoms with Crippen LogP contribution in [0, 0.1) is 0 Å². The number of fused-ring (bicyclic) bond motifs is 1. The molecule has 3 heterocycles. The van der Waals surface area contributed by atoms with Gasteiger partial charge in [0.1, 0.15) is 11.6 Å². The van der Waals surface area contributed by atoms with Crippen LogP contribution < -0.4 is 5.32 Å². The van der Waals surface area contributed by atoms with Crippen LogP contribution in [0.4, 0.5) is 0 Å². The maximum atomic E-state index is 4.44. The minimum atomic E-state index is 0.584. The van der Waals surface area contributed by atoms with Crippen molar-refractivity contribution in [3.05, 3.63) is 11.6 Å². The van der Waals surface area contributed by atoms with E-state index in [1.807, 2.05) is 0 Å². The van der Waals surface area contributed by atoms with Crippen molar-refractivity contribution in [3.8, 4) is 0 Å². The van der Waals surface area contributed by atoms with Gasteiger partial charge in [0.05, 0.1) is 0 Å². The number of nitrogens with one attached hydrogen (secondary N) is 1. The fourth-order valence-electron chi connectivity index (χ4n) is 2.98. The van der Waals surface area contributed by atoms with E-state index >= 15 is 0 Å². The second-order valence-electron chi connectivity index (χ2n) is 5.15. The maximum Gasteiger partial charge on any atom is 0.137 e. The van der Waals surface area contributed by atoms with E-state index in [-0.39, 0.29) is 0 Å². The Morgan fingerprint density at radius 2 is 2.06 bits per heavy atom. The highest BCUT2D eigenvalue weighted by Gasteiger charge is 2.26. The van der Waals surface area contributed by atoms with Crippen LogP contribution in [0.15, 0.2) is 0 Å². The molecule has 2 aliphatic heterocycles. The van der Waals surface area contributed by atoms with Gasteiger partial charge in [-0.2, -0.15) is 0 Å². The van der Waals surface area contributed by atoms with Crippen LogP contribution in [-0.4, -0.2) is 27.9 Å². The third-order valence-corrected chi connectivity index (χ3v) is 3.93. The van der Waals surface area contributed by atoms with E-state index in [1.165, 1.54) is 37.3 Å². The first-order chi connectivity index (χ1) is 7.86.